The third kappa shape index (κ3) is 4.38. The molecule has 0 aliphatic carbocycles. The average Bonchev–Trinajstić information content (AvgIpc) is 3.10. The number of nitrogens with one attached hydrogen (secondary N) is 1. The SMILES string of the molecule is CC(=O)Nc1ccc(S(=O)(=O)N(C)Cc2nc(-c3ccccc3Cl)no2)cc1. The second-order valence-corrected chi connectivity index (χ2v) is 8.41. The van der Waals surface area contributed by atoms with Gasteiger partial charge >= 0.3 is 0 Å². The fourth-order valence-electron chi connectivity index (χ4n) is 2.44. The number of rotatable bonds is 6. The van der Waals surface area contributed by atoms with Crippen LogP contribution in [0.5, 0.6) is 0 Å². The summed E-state index contributed by atoms with van der Waals surface area (Å²) in [5, 5.41) is 6.91. The van der Waals surface area contributed by atoms with Crippen LogP contribution in [0.3, 0.4) is 0 Å². The van der Waals surface area contributed by atoms with Gasteiger partial charge in [0, 0.05) is 25.2 Å². The molecule has 3 aromatic rings. The van der Waals surface area contributed by atoms with E-state index in [2.05, 4.69) is 15.5 Å². The Morgan fingerprint density at radius 1 is 1.18 bits per heavy atom. The number of anilines is 1. The Bertz CT molecular complexity index is 1100. The van der Waals surface area contributed by atoms with Crippen LogP contribution >= 0.6 is 11.6 Å². The van der Waals surface area contributed by atoms with Crippen molar-refractivity contribution < 1.29 is 17.7 Å². The molecule has 3 rings (SSSR count). The molecule has 1 aromatic heterocycles. The quantitative estimate of drug-likeness (QED) is 0.656. The lowest BCUT2D eigenvalue weighted by molar-refractivity contribution is -0.114. The molecule has 1 N–H and O–H groups in total. The minimum Gasteiger partial charge on any atom is -0.338 e. The first kappa shape index (κ1) is 20.0. The van der Waals surface area contributed by atoms with Crippen LogP contribution in [0.25, 0.3) is 11.4 Å². The van der Waals surface area contributed by atoms with Gasteiger partial charge in [-0.3, -0.25) is 4.79 Å². The van der Waals surface area contributed by atoms with Gasteiger partial charge in [0.25, 0.3) is 0 Å². The second kappa shape index (κ2) is 8.09. The Morgan fingerprint density at radius 2 is 1.86 bits per heavy atom. The summed E-state index contributed by atoms with van der Waals surface area (Å²) in [5.74, 6) is 0.181. The molecule has 0 unspecified atom stereocenters. The number of carbonyl (C=O) groups is 1. The van der Waals surface area contributed by atoms with E-state index < -0.39 is 10.0 Å². The molecule has 10 heteroatoms. The van der Waals surface area contributed by atoms with Crippen molar-refractivity contribution >= 4 is 33.2 Å². The van der Waals surface area contributed by atoms with E-state index in [1.54, 1.807) is 24.3 Å². The van der Waals surface area contributed by atoms with Gasteiger partial charge < -0.3 is 9.84 Å². The first-order valence-electron chi connectivity index (χ1n) is 8.19. The Labute approximate surface area is 167 Å². The highest BCUT2D eigenvalue weighted by Gasteiger charge is 2.23. The van der Waals surface area contributed by atoms with E-state index >= 15 is 0 Å². The molecule has 146 valence electrons. The summed E-state index contributed by atoms with van der Waals surface area (Å²) >= 11 is 6.12. The molecular formula is C18H17ClN4O4S. The first-order valence-corrected chi connectivity index (χ1v) is 10.0. The van der Waals surface area contributed by atoms with Gasteiger partial charge in [-0.25, -0.2) is 8.42 Å². The topological polar surface area (TPSA) is 105 Å². The zero-order valence-electron chi connectivity index (χ0n) is 15.1. The number of aromatic nitrogens is 2. The predicted octanol–water partition coefficient (Wildman–Crippen LogP) is 3.17. The molecule has 0 atom stereocenters. The highest BCUT2D eigenvalue weighted by atomic mass is 35.5. The van der Waals surface area contributed by atoms with Crippen molar-refractivity contribution in [3.63, 3.8) is 0 Å². The highest BCUT2D eigenvalue weighted by molar-refractivity contribution is 7.89. The molecule has 0 fully saturated rings. The number of benzene rings is 2. The minimum absolute atomic E-state index is 0.0787. The predicted molar refractivity (Wildman–Crippen MR) is 104 cm³/mol. The smallest absolute Gasteiger partial charge is 0.243 e. The van der Waals surface area contributed by atoms with Gasteiger partial charge in [-0.15, -0.1) is 0 Å². The van der Waals surface area contributed by atoms with Gasteiger partial charge in [0.2, 0.25) is 27.6 Å². The second-order valence-electron chi connectivity index (χ2n) is 5.96. The molecule has 28 heavy (non-hydrogen) atoms. The van der Waals surface area contributed by atoms with Crippen molar-refractivity contribution in [1.82, 2.24) is 14.4 Å². The number of halogens is 1. The number of hydrogen-bond acceptors (Lipinski definition) is 6. The maximum Gasteiger partial charge on any atom is 0.243 e. The standard InChI is InChI=1S/C18H17ClN4O4S/c1-12(24)20-13-7-9-14(10-8-13)28(25,26)23(2)11-17-21-18(22-27-17)15-5-3-4-6-16(15)19/h3-10H,11H2,1-2H3,(H,20,24). The van der Waals surface area contributed by atoms with Gasteiger partial charge in [0.1, 0.15) is 0 Å². The lowest BCUT2D eigenvalue weighted by Gasteiger charge is -2.15. The maximum absolute atomic E-state index is 12.7. The molecule has 0 aliphatic rings. The Hall–Kier alpha value is -2.75. The number of amides is 1. The number of nitrogens with zero attached hydrogens (tertiary/aromatic N) is 3. The lowest BCUT2D eigenvalue weighted by atomic mass is 10.2. The first-order chi connectivity index (χ1) is 13.3. The normalized spacial score (nSPS) is 11.6. The average molecular weight is 421 g/mol. The molecule has 0 saturated heterocycles. The van der Waals surface area contributed by atoms with Crippen LogP contribution in [-0.2, 0) is 21.4 Å². The van der Waals surface area contributed by atoms with E-state index in [0.717, 1.165) is 4.31 Å². The van der Waals surface area contributed by atoms with Crippen molar-refractivity contribution in [2.24, 2.45) is 0 Å². The van der Waals surface area contributed by atoms with E-state index in [9.17, 15) is 13.2 Å². The molecule has 2 aromatic carbocycles. The van der Waals surface area contributed by atoms with Crippen LogP contribution in [0.15, 0.2) is 57.9 Å². The third-order valence-corrected chi connectivity index (χ3v) is 5.97. The van der Waals surface area contributed by atoms with Crippen molar-refractivity contribution in [2.75, 3.05) is 12.4 Å². The number of carbonyl (C=O) groups excluding carboxylic acids is 1. The van der Waals surface area contributed by atoms with Gasteiger partial charge in [0.05, 0.1) is 16.5 Å². The van der Waals surface area contributed by atoms with Crippen LogP contribution in [0.4, 0.5) is 5.69 Å². The van der Waals surface area contributed by atoms with E-state index in [1.165, 1.54) is 38.2 Å². The van der Waals surface area contributed by atoms with E-state index in [4.69, 9.17) is 16.1 Å². The molecule has 0 bridgehead atoms. The van der Waals surface area contributed by atoms with Crippen LogP contribution in [0.1, 0.15) is 12.8 Å². The summed E-state index contributed by atoms with van der Waals surface area (Å²) in [4.78, 5) is 15.4. The zero-order valence-corrected chi connectivity index (χ0v) is 16.7. The molecule has 8 nitrogen and oxygen atoms in total. The molecule has 0 saturated carbocycles. The van der Waals surface area contributed by atoms with Crippen LogP contribution in [-0.4, -0.2) is 35.8 Å². The molecule has 1 amide bonds. The fourth-order valence-corrected chi connectivity index (χ4v) is 3.78. The molecule has 0 spiro atoms. The Morgan fingerprint density at radius 3 is 2.50 bits per heavy atom. The van der Waals surface area contributed by atoms with E-state index in [-0.39, 0.29) is 29.1 Å². The summed E-state index contributed by atoms with van der Waals surface area (Å²) in [6.45, 7) is 1.27. The number of hydrogen-bond donors (Lipinski definition) is 1. The monoisotopic (exact) mass is 420 g/mol. The molecular weight excluding hydrogens is 404 g/mol. The van der Waals surface area contributed by atoms with Gasteiger partial charge in [-0.2, -0.15) is 9.29 Å². The van der Waals surface area contributed by atoms with Gasteiger partial charge in [-0.05, 0) is 36.4 Å². The maximum atomic E-state index is 12.7. The van der Waals surface area contributed by atoms with Crippen molar-refractivity contribution in [3.05, 3.63) is 59.4 Å². The van der Waals surface area contributed by atoms with Crippen molar-refractivity contribution in [3.8, 4) is 11.4 Å². The van der Waals surface area contributed by atoms with Gasteiger partial charge in [0.15, 0.2) is 0 Å². The Balaban J connectivity index is 1.76. The summed E-state index contributed by atoms with van der Waals surface area (Å²) in [6, 6.07) is 12.9. The van der Waals surface area contributed by atoms with Crippen molar-refractivity contribution in [1.29, 1.82) is 0 Å². The molecule has 1 heterocycles. The summed E-state index contributed by atoms with van der Waals surface area (Å²) in [5.41, 5.74) is 1.11. The van der Waals surface area contributed by atoms with E-state index in [1.807, 2.05) is 0 Å². The lowest BCUT2D eigenvalue weighted by Crippen LogP contribution is -2.26. The minimum atomic E-state index is -3.78. The third-order valence-electron chi connectivity index (χ3n) is 3.82. The van der Waals surface area contributed by atoms with Crippen LogP contribution in [0, 0.1) is 0 Å². The molecule has 0 radical (unpaired) electrons. The largest absolute Gasteiger partial charge is 0.338 e. The summed E-state index contributed by atoms with van der Waals surface area (Å²) in [7, 11) is -2.37. The van der Waals surface area contributed by atoms with Crippen LogP contribution in [0.2, 0.25) is 5.02 Å². The Kier molecular flexibility index (Phi) is 5.78. The molecule has 0 aliphatic heterocycles. The van der Waals surface area contributed by atoms with E-state index in [0.29, 0.717) is 16.3 Å². The fraction of sp³-hybridized carbons (Fsp3) is 0.167. The van der Waals surface area contributed by atoms with Crippen LogP contribution < -0.4 is 5.32 Å². The highest BCUT2D eigenvalue weighted by Crippen LogP contribution is 2.25. The van der Waals surface area contributed by atoms with Gasteiger partial charge in [-0.1, -0.05) is 28.9 Å². The zero-order chi connectivity index (χ0) is 20.3. The summed E-state index contributed by atoms with van der Waals surface area (Å²) < 4.78 is 31.7. The van der Waals surface area contributed by atoms with Crippen molar-refractivity contribution in [2.45, 2.75) is 18.4 Å². The number of sulfonamides is 1. The summed E-state index contributed by atoms with van der Waals surface area (Å²) in [6.07, 6.45) is 0.